The summed E-state index contributed by atoms with van der Waals surface area (Å²) in [5.41, 5.74) is 2.42. The highest BCUT2D eigenvalue weighted by Gasteiger charge is 2.24. The Hall–Kier alpha value is -0.980. The maximum atomic E-state index is 9.90. The first-order valence-corrected chi connectivity index (χ1v) is 5.98. The van der Waals surface area contributed by atoms with Gasteiger partial charge in [0.25, 0.3) is 0 Å². The van der Waals surface area contributed by atoms with E-state index in [4.69, 9.17) is 0 Å². The number of aryl methyl sites for hydroxylation is 1. The van der Waals surface area contributed by atoms with E-state index in [2.05, 4.69) is 19.9 Å². The zero-order valence-electron chi connectivity index (χ0n) is 9.66. The number of hydrogen-bond donors (Lipinski definition) is 1. The summed E-state index contributed by atoms with van der Waals surface area (Å²) in [5, 5.41) is 9.90. The number of benzene rings is 1. The monoisotopic (exact) mass is 204 g/mol. The van der Waals surface area contributed by atoms with E-state index in [1.807, 2.05) is 12.1 Å². The molecule has 1 aromatic rings. The molecule has 1 fully saturated rings. The van der Waals surface area contributed by atoms with Gasteiger partial charge in [-0.15, -0.1) is 0 Å². The normalized spacial score (nSPS) is 26.5. The summed E-state index contributed by atoms with van der Waals surface area (Å²) in [6.45, 7) is 4.40. The molecule has 1 aliphatic carbocycles. The lowest BCUT2D eigenvalue weighted by molar-refractivity contribution is 0.322. The lowest BCUT2D eigenvalue weighted by atomic mass is 9.76. The largest absolute Gasteiger partial charge is 0.508 e. The summed E-state index contributed by atoms with van der Waals surface area (Å²) in [5.74, 6) is 1.77. The van der Waals surface area contributed by atoms with Crippen LogP contribution in [0.4, 0.5) is 0 Å². The maximum absolute atomic E-state index is 9.90. The number of aromatic hydroxyl groups is 1. The van der Waals surface area contributed by atoms with Crippen LogP contribution < -0.4 is 0 Å². The fourth-order valence-corrected chi connectivity index (χ4v) is 2.75. The average molecular weight is 204 g/mol. The highest BCUT2D eigenvalue weighted by atomic mass is 16.3. The Labute approximate surface area is 92.1 Å². The van der Waals surface area contributed by atoms with E-state index in [-0.39, 0.29) is 0 Å². The molecule has 1 nitrogen and oxygen atoms in total. The van der Waals surface area contributed by atoms with Crippen LogP contribution in [0.2, 0.25) is 0 Å². The summed E-state index contributed by atoms with van der Waals surface area (Å²) in [6.07, 6.45) is 5.20. The van der Waals surface area contributed by atoms with Crippen LogP contribution in [0.5, 0.6) is 5.75 Å². The fraction of sp³-hybridized carbons (Fsp3) is 0.571. The van der Waals surface area contributed by atoms with Gasteiger partial charge in [-0.25, -0.2) is 0 Å². The first kappa shape index (κ1) is 10.5. The SMILES string of the molecule is Cc1ccc(O)c(C2CCCCC2C)c1. The van der Waals surface area contributed by atoms with E-state index < -0.39 is 0 Å². The second-order valence-electron chi connectivity index (χ2n) is 4.93. The van der Waals surface area contributed by atoms with Gasteiger partial charge in [-0.05, 0) is 36.8 Å². The van der Waals surface area contributed by atoms with Crippen LogP contribution in [-0.4, -0.2) is 5.11 Å². The zero-order chi connectivity index (χ0) is 10.8. The molecule has 0 amide bonds. The van der Waals surface area contributed by atoms with Crippen molar-refractivity contribution in [3.8, 4) is 5.75 Å². The van der Waals surface area contributed by atoms with Gasteiger partial charge in [0.2, 0.25) is 0 Å². The maximum Gasteiger partial charge on any atom is 0.119 e. The highest BCUT2D eigenvalue weighted by Crippen LogP contribution is 2.40. The van der Waals surface area contributed by atoms with E-state index in [1.165, 1.54) is 36.8 Å². The van der Waals surface area contributed by atoms with Crippen molar-refractivity contribution in [3.63, 3.8) is 0 Å². The van der Waals surface area contributed by atoms with Gasteiger partial charge in [0.1, 0.15) is 5.75 Å². The molecule has 0 aliphatic heterocycles. The van der Waals surface area contributed by atoms with Gasteiger partial charge < -0.3 is 5.11 Å². The van der Waals surface area contributed by atoms with Crippen LogP contribution in [-0.2, 0) is 0 Å². The molecule has 1 aliphatic rings. The Morgan fingerprint density at radius 3 is 2.67 bits per heavy atom. The van der Waals surface area contributed by atoms with Crippen LogP contribution in [0.3, 0.4) is 0 Å². The van der Waals surface area contributed by atoms with Gasteiger partial charge >= 0.3 is 0 Å². The average Bonchev–Trinajstić information content (AvgIpc) is 2.23. The molecular weight excluding hydrogens is 184 g/mol. The molecule has 82 valence electrons. The van der Waals surface area contributed by atoms with Crippen molar-refractivity contribution >= 4 is 0 Å². The molecular formula is C14H20O. The molecule has 2 unspecified atom stereocenters. The Morgan fingerprint density at radius 2 is 1.93 bits per heavy atom. The van der Waals surface area contributed by atoms with Gasteiger partial charge in [-0.2, -0.15) is 0 Å². The van der Waals surface area contributed by atoms with Crippen LogP contribution >= 0.6 is 0 Å². The molecule has 1 N–H and O–H groups in total. The predicted octanol–water partition coefficient (Wildman–Crippen LogP) is 3.99. The van der Waals surface area contributed by atoms with Crippen molar-refractivity contribution in [2.24, 2.45) is 5.92 Å². The fourth-order valence-electron chi connectivity index (χ4n) is 2.75. The molecule has 2 rings (SSSR count). The Morgan fingerprint density at radius 1 is 1.20 bits per heavy atom. The number of hydrogen-bond acceptors (Lipinski definition) is 1. The summed E-state index contributed by atoms with van der Waals surface area (Å²) in [7, 11) is 0. The number of phenolic OH excluding ortho intramolecular Hbond substituents is 1. The van der Waals surface area contributed by atoms with Gasteiger partial charge in [0, 0.05) is 0 Å². The summed E-state index contributed by atoms with van der Waals surface area (Å²) in [6, 6.07) is 5.97. The van der Waals surface area contributed by atoms with Crippen molar-refractivity contribution in [2.75, 3.05) is 0 Å². The third kappa shape index (κ3) is 2.17. The van der Waals surface area contributed by atoms with Crippen molar-refractivity contribution in [1.29, 1.82) is 0 Å². The zero-order valence-corrected chi connectivity index (χ0v) is 9.66. The van der Waals surface area contributed by atoms with Gasteiger partial charge in [-0.1, -0.05) is 43.9 Å². The van der Waals surface area contributed by atoms with Gasteiger partial charge in [-0.3, -0.25) is 0 Å². The number of phenols is 1. The highest BCUT2D eigenvalue weighted by molar-refractivity contribution is 5.38. The third-order valence-corrected chi connectivity index (χ3v) is 3.69. The van der Waals surface area contributed by atoms with E-state index >= 15 is 0 Å². The minimum atomic E-state index is 0.486. The lowest BCUT2D eigenvalue weighted by Gasteiger charge is -2.29. The van der Waals surface area contributed by atoms with Crippen molar-refractivity contribution < 1.29 is 5.11 Å². The van der Waals surface area contributed by atoms with Crippen LogP contribution in [0.1, 0.15) is 49.7 Å². The standard InChI is InChI=1S/C14H20O/c1-10-7-8-14(15)13(9-10)12-6-4-3-5-11(12)2/h7-9,11-12,15H,3-6H2,1-2H3. The molecule has 0 heterocycles. The Kier molecular flexibility index (Phi) is 2.99. The van der Waals surface area contributed by atoms with E-state index in [1.54, 1.807) is 0 Å². The van der Waals surface area contributed by atoms with Crippen molar-refractivity contribution in [3.05, 3.63) is 29.3 Å². The topological polar surface area (TPSA) is 20.2 Å². The van der Waals surface area contributed by atoms with E-state index in [0.717, 1.165) is 0 Å². The number of rotatable bonds is 1. The third-order valence-electron chi connectivity index (χ3n) is 3.69. The predicted molar refractivity (Wildman–Crippen MR) is 63.2 cm³/mol. The quantitative estimate of drug-likeness (QED) is 0.733. The van der Waals surface area contributed by atoms with Crippen LogP contribution in [0.15, 0.2) is 18.2 Å². The molecule has 0 radical (unpaired) electrons. The summed E-state index contributed by atoms with van der Waals surface area (Å²) in [4.78, 5) is 0. The van der Waals surface area contributed by atoms with E-state index in [0.29, 0.717) is 17.6 Å². The molecule has 0 spiro atoms. The minimum absolute atomic E-state index is 0.486. The lowest BCUT2D eigenvalue weighted by Crippen LogP contribution is -2.15. The molecule has 0 aromatic heterocycles. The Bertz CT molecular complexity index is 343. The molecule has 15 heavy (non-hydrogen) atoms. The van der Waals surface area contributed by atoms with Gasteiger partial charge in [0.05, 0.1) is 0 Å². The van der Waals surface area contributed by atoms with Crippen LogP contribution in [0.25, 0.3) is 0 Å². The van der Waals surface area contributed by atoms with Gasteiger partial charge in [0.15, 0.2) is 0 Å². The first-order valence-electron chi connectivity index (χ1n) is 5.98. The second-order valence-corrected chi connectivity index (χ2v) is 4.93. The molecule has 1 saturated carbocycles. The summed E-state index contributed by atoms with van der Waals surface area (Å²) < 4.78 is 0. The van der Waals surface area contributed by atoms with E-state index in [9.17, 15) is 5.11 Å². The summed E-state index contributed by atoms with van der Waals surface area (Å²) >= 11 is 0. The van der Waals surface area contributed by atoms with Crippen LogP contribution in [0, 0.1) is 12.8 Å². The van der Waals surface area contributed by atoms with Crippen molar-refractivity contribution in [1.82, 2.24) is 0 Å². The molecule has 0 bridgehead atoms. The minimum Gasteiger partial charge on any atom is -0.508 e. The first-order chi connectivity index (χ1) is 7.18. The van der Waals surface area contributed by atoms with Crippen molar-refractivity contribution in [2.45, 2.75) is 45.4 Å². The smallest absolute Gasteiger partial charge is 0.119 e. The molecule has 1 heteroatoms. The molecule has 2 atom stereocenters. The Balaban J connectivity index is 2.30. The molecule has 1 aromatic carbocycles. The molecule has 0 saturated heterocycles. The second kappa shape index (κ2) is 4.26.